The summed E-state index contributed by atoms with van der Waals surface area (Å²) in [5, 5.41) is 7.61. The summed E-state index contributed by atoms with van der Waals surface area (Å²) in [5.74, 6) is 0.877. The van der Waals surface area contributed by atoms with Gasteiger partial charge in [0.25, 0.3) is 0 Å². The van der Waals surface area contributed by atoms with Crippen LogP contribution >= 0.6 is 12.2 Å². The lowest BCUT2D eigenvalue weighted by atomic mass is 9.80. The number of rotatable bonds is 6. The van der Waals surface area contributed by atoms with Crippen LogP contribution in [0.3, 0.4) is 0 Å². The molecule has 0 unspecified atom stereocenters. The molecule has 26 heavy (non-hydrogen) atoms. The molecule has 1 saturated carbocycles. The van der Waals surface area contributed by atoms with Crippen molar-refractivity contribution in [3.05, 3.63) is 29.8 Å². The van der Waals surface area contributed by atoms with Crippen molar-refractivity contribution >= 4 is 17.3 Å². The Morgan fingerprint density at radius 3 is 2.46 bits per heavy atom. The van der Waals surface area contributed by atoms with Gasteiger partial charge in [0.1, 0.15) is 24.4 Å². The number of thiocarbonyl (C=S) groups is 1. The third-order valence-corrected chi connectivity index (χ3v) is 6.15. The third-order valence-electron chi connectivity index (χ3n) is 5.86. The van der Waals surface area contributed by atoms with Gasteiger partial charge in [-0.1, -0.05) is 18.6 Å². The minimum atomic E-state index is 0.313. The van der Waals surface area contributed by atoms with Crippen molar-refractivity contribution in [2.45, 2.75) is 44.2 Å². The van der Waals surface area contributed by atoms with Crippen LogP contribution in [0.1, 0.15) is 37.7 Å². The molecule has 1 aromatic carbocycles. The Balaban J connectivity index is 1.50. The van der Waals surface area contributed by atoms with Crippen LogP contribution in [0.5, 0.6) is 5.75 Å². The minimum Gasteiger partial charge on any atom is -0.497 e. The molecule has 1 saturated heterocycles. The molecule has 6 heteroatoms. The predicted octanol–water partition coefficient (Wildman–Crippen LogP) is 1.28. The second-order valence-corrected chi connectivity index (χ2v) is 7.85. The normalized spacial score (nSPS) is 20.3. The molecule has 1 aliphatic carbocycles. The van der Waals surface area contributed by atoms with E-state index in [-0.39, 0.29) is 0 Å². The minimum absolute atomic E-state index is 0.313. The molecule has 0 bridgehead atoms. The van der Waals surface area contributed by atoms with Crippen LogP contribution in [0, 0.1) is 0 Å². The maximum atomic E-state index is 5.58. The highest BCUT2D eigenvalue weighted by Gasteiger charge is 2.42. The second kappa shape index (κ2) is 9.53. The molecule has 2 fully saturated rings. The number of nitrogens with one attached hydrogen (secondary N) is 3. The number of quaternary nitrogens is 1. The van der Waals surface area contributed by atoms with Crippen molar-refractivity contribution in [1.82, 2.24) is 10.6 Å². The van der Waals surface area contributed by atoms with E-state index in [0.29, 0.717) is 5.54 Å². The molecule has 5 nitrogen and oxygen atoms in total. The number of ether oxygens (including phenoxy) is 2. The molecule has 144 valence electrons. The van der Waals surface area contributed by atoms with Crippen molar-refractivity contribution in [2.24, 2.45) is 0 Å². The summed E-state index contributed by atoms with van der Waals surface area (Å²) in [7, 11) is 1.68. The Kier molecular flexibility index (Phi) is 7.11. The van der Waals surface area contributed by atoms with Crippen LogP contribution in [0.2, 0.25) is 0 Å². The van der Waals surface area contributed by atoms with Crippen molar-refractivity contribution in [2.75, 3.05) is 40.0 Å². The van der Waals surface area contributed by atoms with Crippen LogP contribution in [-0.4, -0.2) is 50.6 Å². The summed E-state index contributed by atoms with van der Waals surface area (Å²) in [4.78, 5) is 1.70. The average molecular weight is 379 g/mol. The Bertz CT molecular complexity index is 567. The van der Waals surface area contributed by atoms with Crippen LogP contribution in [0.15, 0.2) is 24.3 Å². The first-order valence-electron chi connectivity index (χ1n) is 9.79. The lowest BCUT2D eigenvalue weighted by Gasteiger charge is -2.45. The fraction of sp³-hybridized carbons (Fsp3) is 0.650. The van der Waals surface area contributed by atoms with E-state index in [4.69, 9.17) is 21.7 Å². The summed E-state index contributed by atoms with van der Waals surface area (Å²) in [6, 6.07) is 8.09. The molecule has 1 aliphatic heterocycles. The number of hydrogen-bond acceptors (Lipinski definition) is 3. The molecule has 0 aromatic heterocycles. The van der Waals surface area contributed by atoms with Gasteiger partial charge in [-0.2, -0.15) is 0 Å². The van der Waals surface area contributed by atoms with Crippen LogP contribution in [0.4, 0.5) is 0 Å². The summed E-state index contributed by atoms with van der Waals surface area (Å²) < 4.78 is 10.8. The predicted molar refractivity (Wildman–Crippen MR) is 108 cm³/mol. The zero-order valence-corrected chi connectivity index (χ0v) is 16.6. The quantitative estimate of drug-likeness (QED) is 0.651. The molecule has 1 aromatic rings. The van der Waals surface area contributed by atoms with Crippen LogP contribution < -0.4 is 20.3 Å². The Hall–Kier alpha value is -1.37. The van der Waals surface area contributed by atoms with Gasteiger partial charge in [-0.05, 0) is 42.8 Å². The maximum absolute atomic E-state index is 5.58. The molecular weight excluding hydrogens is 346 g/mol. The zero-order chi connectivity index (χ0) is 18.2. The van der Waals surface area contributed by atoms with E-state index >= 15 is 0 Å². The van der Waals surface area contributed by atoms with Gasteiger partial charge < -0.3 is 25.0 Å². The first kappa shape index (κ1) is 19.4. The average Bonchev–Trinajstić information content (AvgIpc) is 2.72. The first-order chi connectivity index (χ1) is 12.7. The Morgan fingerprint density at radius 2 is 1.81 bits per heavy atom. The standard InChI is InChI=1S/C20H31N3O2S/c1-24-18-7-5-17(6-8-18)15-21-19(26)22-16-20(9-3-2-4-10-20)23-11-13-25-14-12-23/h5-8H,2-4,9-16H2,1H3,(H2,21,22,26)/p+1. The summed E-state index contributed by atoms with van der Waals surface area (Å²) in [5.41, 5.74) is 1.51. The van der Waals surface area contributed by atoms with Gasteiger partial charge in [-0.15, -0.1) is 0 Å². The molecular formula is C20H32N3O2S+. The highest BCUT2D eigenvalue weighted by atomic mass is 32.1. The van der Waals surface area contributed by atoms with Gasteiger partial charge in [-0.3, -0.25) is 0 Å². The smallest absolute Gasteiger partial charge is 0.166 e. The monoisotopic (exact) mass is 378 g/mol. The van der Waals surface area contributed by atoms with Gasteiger partial charge in [0.15, 0.2) is 5.11 Å². The number of methoxy groups -OCH3 is 1. The van der Waals surface area contributed by atoms with E-state index < -0.39 is 0 Å². The molecule has 3 N–H and O–H groups in total. The molecule has 3 rings (SSSR count). The number of morpholine rings is 1. The zero-order valence-electron chi connectivity index (χ0n) is 15.8. The van der Waals surface area contributed by atoms with Crippen molar-refractivity contribution in [1.29, 1.82) is 0 Å². The highest BCUT2D eigenvalue weighted by molar-refractivity contribution is 7.80. The Morgan fingerprint density at radius 1 is 1.12 bits per heavy atom. The maximum Gasteiger partial charge on any atom is 0.166 e. The molecule has 0 spiro atoms. The summed E-state index contributed by atoms with van der Waals surface area (Å²) >= 11 is 5.54. The molecule has 1 heterocycles. The SMILES string of the molecule is COc1ccc(CNC(=S)NCC2([NH+]3CCOCC3)CCCCC2)cc1. The van der Waals surface area contributed by atoms with Gasteiger partial charge in [0.05, 0.1) is 26.9 Å². The van der Waals surface area contributed by atoms with Gasteiger partial charge in [0, 0.05) is 19.4 Å². The highest BCUT2D eigenvalue weighted by Crippen LogP contribution is 2.25. The number of benzene rings is 1. The summed E-state index contributed by atoms with van der Waals surface area (Å²) in [6.07, 6.45) is 6.61. The largest absolute Gasteiger partial charge is 0.497 e. The van der Waals surface area contributed by atoms with Crippen LogP contribution in [0.25, 0.3) is 0 Å². The van der Waals surface area contributed by atoms with E-state index in [9.17, 15) is 0 Å². The lowest BCUT2D eigenvalue weighted by molar-refractivity contribution is -0.960. The van der Waals surface area contributed by atoms with E-state index in [0.717, 1.165) is 50.3 Å². The van der Waals surface area contributed by atoms with Gasteiger partial charge in [-0.25, -0.2) is 0 Å². The Labute approximate surface area is 162 Å². The first-order valence-corrected chi connectivity index (χ1v) is 10.2. The topological polar surface area (TPSA) is 47.0 Å². The van der Waals surface area contributed by atoms with Crippen LogP contribution in [-0.2, 0) is 11.3 Å². The molecule has 0 radical (unpaired) electrons. The van der Waals surface area contributed by atoms with Crippen molar-refractivity contribution in [3.63, 3.8) is 0 Å². The van der Waals surface area contributed by atoms with Crippen molar-refractivity contribution < 1.29 is 14.4 Å². The molecule has 0 amide bonds. The fourth-order valence-electron chi connectivity index (χ4n) is 4.27. The second-order valence-electron chi connectivity index (χ2n) is 7.44. The lowest BCUT2D eigenvalue weighted by Crippen LogP contribution is -3.23. The van der Waals surface area contributed by atoms with Gasteiger partial charge in [0.2, 0.25) is 0 Å². The summed E-state index contributed by atoms with van der Waals surface area (Å²) in [6.45, 7) is 5.69. The van der Waals surface area contributed by atoms with E-state index in [1.165, 1.54) is 37.7 Å². The third kappa shape index (κ3) is 5.09. The fourth-order valence-corrected chi connectivity index (χ4v) is 4.41. The van der Waals surface area contributed by atoms with Gasteiger partial charge >= 0.3 is 0 Å². The molecule has 2 aliphatic rings. The number of hydrogen-bond donors (Lipinski definition) is 3. The molecule has 0 atom stereocenters. The van der Waals surface area contributed by atoms with E-state index in [1.54, 1.807) is 12.0 Å². The van der Waals surface area contributed by atoms with Crippen molar-refractivity contribution in [3.8, 4) is 5.75 Å². The van der Waals surface area contributed by atoms with E-state index in [2.05, 4.69) is 22.8 Å². The van der Waals surface area contributed by atoms with E-state index in [1.807, 2.05) is 12.1 Å².